The van der Waals surface area contributed by atoms with E-state index in [9.17, 15) is 4.79 Å². The molecule has 7 nitrogen and oxygen atoms in total. The van der Waals surface area contributed by atoms with Gasteiger partial charge in [-0.1, -0.05) is 30.8 Å². The maximum Gasteiger partial charge on any atom is 0.234 e. The molecule has 0 atom stereocenters. The SMILES string of the molecule is CCc1ccc(NC(=O)CSc2nnc(-c3cnccn3)n2C)cc1. The first-order valence-corrected chi connectivity index (χ1v) is 8.83. The fourth-order valence-corrected chi connectivity index (χ4v) is 2.94. The number of thioether (sulfide) groups is 1. The van der Waals surface area contributed by atoms with Crippen molar-refractivity contribution in [2.75, 3.05) is 11.1 Å². The number of nitrogens with one attached hydrogen (secondary N) is 1. The van der Waals surface area contributed by atoms with Gasteiger partial charge in [0.15, 0.2) is 11.0 Å². The van der Waals surface area contributed by atoms with Crippen LogP contribution < -0.4 is 5.32 Å². The van der Waals surface area contributed by atoms with Crippen LogP contribution in [-0.2, 0) is 18.3 Å². The first kappa shape index (κ1) is 17.1. The van der Waals surface area contributed by atoms with Crippen molar-refractivity contribution in [3.63, 3.8) is 0 Å². The number of anilines is 1. The van der Waals surface area contributed by atoms with Crippen LogP contribution in [0, 0.1) is 0 Å². The van der Waals surface area contributed by atoms with E-state index >= 15 is 0 Å². The van der Waals surface area contributed by atoms with E-state index in [2.05, 4.69) is 32.4 Å². The molecule has 1 amide bonds. The highest BCUT2D eigenvalue weighted by Crippen LogP contribution is 2.21. The Morgan fingerprint density at radius 1 is 1.20 bits per heavy atom. The number of benzene rings is 1. The summed E-state index contributed by atoms with van der Waals surface area (Å²) >= 11 is 1.33. The van der Waals surface area contributed by atoms with Crippen LogP contribution in [0.3, 0.4) is 0 Å². The molecule has 0 aliphatic carbocycles. The van der Waals surface area contributed by atoms with Crippen molar-refractivity contribution in [1.29, 1.82) is 0 Å². The molecular formula is C17H18N6OS. The molecule has 0 spiro atoms. The molecule has 3 rings (SSSR count). The Morgan fingerprint density at radius 2 is 2.00 bits per heavy atom. The lowest BCUT2D eigenvalue weighted by Crippen LogP contribution is -2.14. The summed E-state index contributed by atoms with van der Waals surface area (Å²) in [5.41, 5.74) is 2.67. The van der Waals surface area contributed by atoms with Gasteiger partial charge in [-0.3, -0.25) is 9.78 Å². The Hall–Kier alpha value is -2.74. The van der Waals surface area contributed by atoms with Crippen LogP contribution in [0.2, 0.25) is 0 Å². The molecule has 128 valence electrons. The van der Waals surface area contributed by atoms with Crippen LogP contribution in [0.15, 0.2) is 48.0 Å². The third-order valence-electron chi connectivity index (χ3n) is 3.61. The largest absolute Gasteiger partial charge is 0.325 e. The fourth-order valence-electron chi connectivity index (χ4n) is 2.23. The molecule has 2 heterocycles. The number of nitrogens with zero attached hydrogens (tertiary/aromatic N) is 5. The van der Waals surface area contributed by atoms with Crippen LogP contribution in [0.25, 0.3) is 11.5 Å². The van der Waals surface area contributed by atoms with Gasteiger partial charge in [0.1, 0.15) is 5.69 Å². The summed E-state index contributed by atoms with van der Waals surface area (Å²) in [5.74, 6) is 0.784. The topological polar surface area (TPSA) is 85.6 Å². The monoisotopic (exact) mass is 354 g/mol. The molecule has 25 heavy (non-hydrogen) atoms. The minimum absolute atomic E-state index is 0.0849. The molecule has 1 N–H and O–H groups in total. The van der Waals surface area contributed by atoms with Gasteiger partial charge in [-0.2, -0.15) is 0 Å². The molecule has 3 aromatic rings. The number of hydrogen-bond acceptors (Lipinski definition) is 6. The molecule has 1 aromatic carbocycles. The first-order chi connectivity index (χ1) is 12.2. The highest BCUT2D eigenvalue weighted by Gasteiger charge is 2.13. The summed E-state index contributed by atoms with van der Waals surface area (Å²) in [6.45, 7) is 2.10. The van der Waals surface area contributed by atoms with Crippen molar-refractivity contribution in [1.82, 2.24) is 24.7 Å². The van der Waals surface area contributed by atoms with Crippen LogP contribution >= 0.6 is 11.8 Å². The quantitative estimate of drug-likeness (QED) is 0.685. The average Bonchev–Trinajstić information content (AvgIpc) is 3.02. The summed E-state index contributed by atoms with van der Waals surface area (Å²) in [7, 11) is 1.84. The van der Waals surface area contributed by atoms with E-state index in [-0.39, 0.29) is 11.7 Å². The molecule has 8 heteroatoms. The molecular weight excluding hydrogens is 336 g/mol. The second kappa shape index (κ2) is 7.89. The number of carbonyl (C=O) groups is 1. The molecule has 0 saturated carbocycles. The van der Waals surface area contributed by atoms with E-state index in [1.807, 2.05) is 31.3 Å². The molecule has 0 aliphatic heterocycles. The summed E-state index contributed by atoms with van der Waals surface area (Å²) in [6, 6.07) is 7.85. The second-order valence-corrected chi connectivity index (χ2v) is 6.29. The molecule has 0 fully saturated rings. The Kier molecular flexibility index (Phi) is 5.39. The lowest BCUT2D eigenvalue weighted by atomic mass is 10.1. The Bertz CT molecular complexity index is 847. The maximum atomic E-state index is 12.1. The van der Waals surface area contributed by atoms with Gasteiger partial charge in [0, 0.05) is 25.1 Å². The average molecular weight is 354 g/mol. The smallest absolute Gasteiger partial charge is 0.234 e. The Balaban J connectivity index is 1.60. The van der Waals surface area contributed by atoms with E-state index in [0.717, 1.165) is 12.1 Å². The number of carbonyl (C=O) groups excluding carboxylic acids is 1. The van der Waals surface area contributed by atoms with Crippen LogP contribution in [0.1, 0.15) is 12.5 Å². The van der Waals surface area contributed by atoms with Gasteiger partial charge in [-0.05, 0) is 24.1 Å². The summed E-state index contributed by atoms with van der Waals surface area (Å²) in [5, 5.41) is 11.8. The van der Waals surface area contributed by atoms with Crippen molar-refractivity contribution in [3.8, 4) is 11.5 Å². The number of hydrogen-bond donors (Lipinski definition) is 1. The standard InChI is InChI=1S/C17H18N6OS/c1-3-12-4-6-13(7-5-12)20-15(24)11-25-17-22-21-16(23(17)2)14-10-18-8-9-19-14/h4-10H,3,11H2,1-2H3,(H,20,24). The highest BCUT2D eigenvalue weighted by atomic mass is 32.2. The van der Waals surface area contributed by atoms with Gasteiger partial charge >= 0.3 is 0 Å². The molecule has 0 bridgehead atoms. The van der Waals surface area contributed by atoms with E-state index in [1.165, 1.54) is 17.3 Å². The fraction of sp³-hybridized carbons (Fsp3) is 0.235. The van der Waals surface area contributed by atoms with E-state index < -0.39 is 0 Å². The van der Waals surface area contributed by atoms with Crippen molar-refractivity contribution in [2.24, 2.45) is 7.05 Å². The second-order valence-electron chi connectivity index (χ2n) is 5.34. The van der Waals surface area contributed by atoms with Crippen molar-refractivity contribution in [2.45, 2.75) is 18.5 Å². The van der Waals surface area contributed by atoms with E-state index in [4.69, 9.17) is 0 Å². The summed E-state index contributed by atoms with van der Waals surface area (Å²) in [4.78, 5) is 20.4. The molecule has 0 unspecified atom stereocenters. The highest BCUT2D eigenvalue weighted by molar-refractivity contribution is 7.99. The van der Waals surface area contributed by atoms with E-state index in [0.29, 0.717) is 16.7 Å². The minimum atomic E-state index is -0.0849. The lowest BCUT2D eigenvalue weighted by Gasteiger charge is -2.06. The number of aryl methyl sites for hydroxylation is 1. The molecule has 0 saturated heterocycles. The van der Waals surface area contributed by atoms with E-state index in [1.54, 1.807) is 23.2 Å². The normalized spacial score (nSPS) is 10.6. The third kappa shape index (κ3) is 4.21. The predicted octanol–water partition coefficient (Wildman–Crippen LogP) is 2.57. The third-order valence-corrected chi connectivity index (χ3v) is 4.63. The molecule has 0 aliphatic rings. The van der Waals surface area contributed by atoms with Gasteiger partial charge in [0.25, 0.3) is 0 Å². The Labute approximate surface area is 149 Å². The number of amides is 1. The van der Waals surface area contributed by atoms with Gasteiger partial charge in [0.2, 0.25) is 5.91 Å². The lowest BCUT2D eigenvalue weighted by molar-refractivity contribution is -0.113. The molecule has 0 radical (unpaired) electrons. The zero-order valence-corrected chi connectivity index (χ0v) is 14.8. The van der Waals surface area contributed by atoms with Crippen molar-refractivity contribution < 1.29 is 4.79 Å². The maximum absolute atomic E-state index is 12.1. The number of aromatic nitrogens is 5. The Morgan fingerprint density at radius 3 is 2.68 bits per heavy atom. The predicted molar refractivity (Wildman–Crippen MR) is 97.2 cm³/mol. The van der Waals surface area contributed by atoms with Crippen LogP contribution in [0.4, 0.5) is 5.69 Å². The van der Waals surface area contributed by atoms with Gasteiger partial charge in [0.05, 0.1) is 11.9 Å². The van der Waals surface area contributed by atoms with Crippen molar-refractivity contribution in [3.05, 3.63) is 48.4 Å². The molecule has 2 aromatic heterocycles. The van der Waals surface area contributed by atoms with Crippen LogP contribution in [0.5, 0.6) is 0 Å². The minimum Gasteiger partial charge on any atom is -0.325 e. The zero-order valence-electron chi connectivity index (χ0n) is 14.0. The van der Waals surface area contributed by atoms with Crippen LogP contribution in [-0.4, -0.2) is 36.4 Å². The van der Waals surface area contributed by atoms with Gasteiger partial charge in [-0.15, -0.1) is 10.2 Å². The van der Waals surface area contributed by atoms with Crippen molar-refractivity contribution >= 4 is 23.4 Å². The first-order valence-electron chi connectivity index (χ1n) is 7.84. The number of rotatable bonds is 6. The zero-order chi connectivity index (χ0) is 17.6. The van der Waals surface area contributed by atoms with Gasteiger partial charge in [-0.25, -0.2) is 4.98 Å². The summed E-state index contributed by atoms with van der Waals surface area (Å²) < 4.78 is 1.80. The van der Waals surface area contributed by atoms with Gasteiger partial charge < -0.3 is 9.88 Å². The summed E-state index contributed by atoms with van der Waals surface area (Å²) in [6.07, 6.45) is 5.82.